The second kappa shape index (κ2) is 5.36. The monoisotopic (exact) mass is 272 g/mol. The summed E-state index contributed by atoms with van der Waals surface area (Å²) in [5, 5.41) is 11.9. The lowest BCUT2D eigenvalue weighted by molar-refractivity contribution is -0.383. The number of pyridine rings is 1. The molecule has 0 spiro atoms. The minimum atomic E-state index is -0.472. The fraction of sp³-hybridized carbons (Fsp3) is 0.333. The van der Waals surface area contributed by atoms with Gasteiger partial charge in [-0.2, -0.15) is 0 Å². The van der Waals surface area contributed by atoms with Crippen LogP contribution in [0.25, 0.3) is 10.9 Å². The maximum absolute atomic E-state index is 11.9. The van der Waals surface area contributed by atoms with Crippen molar-refractivity contribution >= 4 is 22.4 Å². The van der Waals surface area contributed by atoms with Crippen LogP contribution >= 0.6 is 0 Å². The molecule has 20 heavy (non-hydrogen) atoms. The highest BCUT2D eigenvalue weighted by Crippen LogP contribution is 2.37. The van der Waals surface area contributed by atoms with E-state index in [1.165, 1.54) is 6.92 Å². The summed E-state index contributed by atoms with van der Waals surface area (Å²) in [5.41, 5.74) is 1.02. The number of nitro groups is 1. The summed E-state index contributed by atoms with van der Waals surface area (Å²) in [5.74, 6) is -0.535. The molecule has 0 bridgehead atoms. The number of carbonyl (C=O) groups excluding carboxylic acids is 1. The highest BCUT2D eigenvalue weighted by atomic mass is 16.6. The van der Waals surface area contributed by atoms with Gasteiger partial charge in [0.25, 0.3) is 5.69 Å². The van der Waals surface area contributed by atoms with Crippen LogP contribution in [0.2, 0.25) is 0 Å². The van der Waals surface area contributed by atoms with Gasteiger partial charge in [0.05, 0.1) is 21.7 Å². The van der Waals surface area contributed by atoms with Crippen molar-refractivity contribution in [3.8, 4) is 0 Å². The van der Waals surface area contributed by atoms with Gasteiger partial charge in [0.2, 0.25) is 0 Å². The Morgan fingerprint density at radius 2 is 2.00 bits per heavy atom. The summed E-state index contributed by atoms with van der Waals surface area (Å²) >= 11 is 0. The number of rotatable bonds is 4. The highest BCUT2D eigenvalue weighted by molar-refractivity contribution is 5.93. The Balaban J connectivity index is 2.79. The topological polar surface area (TPSA) is 73.1 Å². The Labute approximate surface area is 116 Å². The number of hydrogen-bond donors (Lipinski definition) is 0. The first kappa shape index (κ1) is 14.1. The molecule has 0 amide bonds. The third kappa shape index (κ3) is 2.39. The van der Waals surface area contributed by atoms with Crippen molar-refractivity contribution in [2.24, 2.45) is 5.92 Å². The molecule has 0 fully saturated rings. The third-order valence-corrected chi connectivity index (χ3v) is 3.41. The molecule has 5 heteroatoms. The summed E-state index contributed by atoms with van der Waals surface area (Å²) in [6, 6.07) is 6.72. The van der Waals surface area contributed by atoms with Gasteiger partial charge in [0, 0.05) is 11.8 Å². The summed E-state index contributed by atoms with van der Waals surface area (Å²) in [4.78, 5) is 27.0. The van der Waals surface area contributed by atoms with Crippen molar-refractivity contribution in [2.45, 2.75) is 26.7 Å². The molecule has 0 radical (unpaired) electrons. The lowest BCUT2D eigenvalue weighted by Gasteiger charge is -2.18. The molecule has 0 aliphatic carbocycles. The highest BCUT2D eigenvalue weighted by Gasteiger charge is 2.29. The Morgan fingerprint density at radius 3 is 2.55 bits per heavy atom. The van der Waals surface area contributed by atoms with E-state index in [-0.39, 0.29) is 17.4 Å². The van der Waals surface area contributed by atoms with Crippen LogP contribution in [0.3, 0.4) is 0 Å². The van der Waals surface area contributed by atoms with Crippen LogP contribution in [0.4, 0.5) is 5.69 Å². The zero-order valence-electron chi connectivity index (χ0n) is 11.7. The molecule has 0 aliphatic rings. The van der Waals surface area contributed by atoms with Gasteiger partial charge in [-0.05, 0) is 37.1 Å². The van der Waals surface area contributed by atoms with Gasteiger partial charge in [-0.25, -0.2) is 0 Å². The second-order valence-corrected chi connectivity index (χ2v) is 5.16. The molecule has 0 saturated heterocycles. The largest absolute Gasteiger partial charge is 0.299 e. The van der Waals surface area contributed by atoms with Crippen molar-refractivity contribution in [1.29, 1.82) is 0 Å². The Morgan fingerprint density at radius 1 is 1.30 bits per heavy atom. The van der Waals surface area contributed by atoms with Crippen molar-refractivity contribution in [2.75, 3.05) is 0 Å². The van der Waals surface area contributed by atoms with Crippen molar-refractivity contribution in [3.63, 3.8) is 0 Å². The Kier molecular flexibility index (Phi) is 3.79. The van der Waals surface area contributed by atoms with Crippen LogP contribution in [-0.2, 0) is 4.79 Å². The normalized spacial score (nSPS) is 12.6. The number of Topliss-reactive ketones (excluding diaryl/α,β-unsaturated/α-hetero) is 1. The molecule has 1 aromatic heterocycles. The average Bonchev–Trinajstić information content (AvgIpc) is 2.37. The number of fused-ring (bicyclic) bond motifs is 1. The molecule has 104 valence electrons. The third-order valence-electron chi connectivity index (χ3n) is 3.41. The second-order valence-electron chi connectivity index (χ2n) is 5.16. The summed E-state index contributed by atoms with van der Waals surface area (Å²) in [7, 11) is 0. The number of benzene rings is 1. The molecule has 0 aliphatic heterocycles. The Hall–Kier alpha value is -2.30. The lowest BCUT2D eigenvalue weighted by atomic mass is 9.84. The number of carbonyl (C=O) groups is 1. The first-order valence-corrected chi connectivity index (χ1v) is 6.46. The van der Waals surface area contributed by atoms with Gasteiger partial charge >= 0.3 is 0 Å². The van der Waals surface area contributed by atoms with Gasteiger partial charge in [-0.15, -0.1) is 0 Å². The number of aromatic nitrogens is 1. The molecular weight excluding hydrogens is 256 g/mol. The predicted molar refractivity (Wildman–Crippen MR) is 76.7 cm³/mol. The minimum Gasteiger partial charge on any atom is -0.299 e. The predicted octanol–water partition coefficient (Wildman–Crippen LogP) is 3.47. The number of hydrogen-bond acceptors (Lipinski definition) is 4. The van der Waals surface area contributed by atoms with E-state index in [4.69, 9.17) is 0 Å². The molecule has 0 saturated carbocycles. The maximum atomic E-state index is 11.9. The van der Waals surface area contributed by atoms with Gasteiger partial charge in [0.15, 0.2) is 0 Å². The molecule has 1 aromatic carbocycles. The van der Waals surface area contributed by atoms with E-state index in [0.717, 1.165) is 0 Å². The van der Waals surface area contributed by atoms with Crippen LogP contribution in [0, 0.1) is 16.0 Å². The van der Waals surface area contributed by atoms with Crippen LogP contribution < -0.4 is 0 Å². The number of nitro benzene ring substituents is 1. The summed E-state index contributed by atoms with van der Waals surface area (Å²) in [6.07, 6.45) is 1.59. The molecular formula is C15H16N2O3. The fourth-order valence-electron chi connectivity index (χ4n) is 2.66. The van der Waals surface area contributed by atoms with Gasteiger partial charge in [-0.3, -0.25) is 19.9 Å². The molecule has 5 nitrogen and oxygen atoms in total. The van der Waals surface area contributed by atoms with E-state index >= 15 is 0 Å². The van der Waals surface area contributed by atoms with Gasteiger partial charge in [-0.1, -0.05) is 13.8 Å². The molecule has 2 rings (SSSR count). The number of ketones is 1. The maximum Gasteiger partial charge on any atom is 0.282 e. The number of nitrogens with zero attached hydrogens (tertiary/aromatic N) is 2. The first-order chi connectivity index (χ1) is 9.43. The van der Waals surface area contributed by atoms with E-state index in [9.17, 15) is 14.9 Å². The van der Waals surface area contributed by atoms with Gasteiger partial charge < -0.3 is 0 Å². The lowest BCUT2D eigenvalue weighted by Crippen LogP contribution is -2.17. The van der Waals surface area contributed by atoms with E-state index in [1.54, 1.807) is 30.5 Å². The zero-order chi connectivity index (χ0) is 14.9. The van der Waals surface area contributed by atoms with Crippen LogP contribution in [0.1, 0.15) is 32.3 Å². The summed E-state index contributed by atoms with van der Waals surface area (Å²) < 4.78 is 0. The minimum absolute atomic E-state index is 0.000298. The molecule has 1 atom stereocenters. The van der Waals surface area contributed by atoms with Crippen LogP contribution in [0.15, 0.2) is 30.5 Å². The van der Waals surface area contributed by atoms with Crippen molar-refractivity contribution in [1.82, 2.24) is 4.98 Å². The summed E-state index contributed by atoms with van der Waals surface area (Å²) in [6.45, 7) is 5.26. The standard InChI is InChI=1S/C15H16N2O3/c1-9(2)14(10(3)18)12-6-7-13-11(5-4-8-16-13)15(12)17(19)20/h4-9,14H,1-3H3. The van der Waals surface area contributed by atoms with Gasteiger partial charge in [0.1, 0.15) is 5.78 Å². The average molecular weight is 272 g/mol. The van der Waals surface area contributed by atoms with E-state index in [1.807, 2.05) is 13.8 Å². The Bertz CT molecular complexity index is 680. The van der Waals surface area contributed by atoms with Crippen molar-refractivity contribution in [3.05, 3.63) is 46.1 Å². The molecule has 1 unspecified atom stereocenters. The SMILES string of the molecule is CC(=O)C(c1ccc2ncccc2c1[N+](=O)[O-])C(C)C. The fourth-order valence-corrected chi connectivity index (χ4v) is 2.66. The zero-order valence-corrected chi connectivity index (χ0v) is 11.7. The van der Waals surface area contributed by atoms with E-state index in [2.05, 4.69) is 4.98 Å². The van der Waals surface area contributed by atoms with E-state index < -0.39 is 10.8 Å². The van der Waals surface area contributed by atoms with Crippen molar-refractivity contribution < 1.29 is 9.72 Å². The molecule has 1 heterocycles. The first-order valence-electron chi connectivity index (χ1n) is 6.46. The molecule has 2 aromatic rings. The smallest absolute Gasteiger partial charge is 0.282 e. The van der Waals surface area contributed by atoms with Crippen LogP contribution in [-0.4, -0.2) is 15.7 Å². The molecule has 0 N–H and O–H groups in total. The van der Waals surface area contributed by atoms with E-state index in [0.29, 0.717) is 16.5 Å². The van der Waals surface area contributed by atoms with Crippen LogP contribution in [0.5, 0.6) is 0 Å². The quantitative estimate of drug-likeness (QED) is 0.631.